The second-order valence-electron chi connectivity index (χ2n) is 6.62. The number of benzene rings is 1. The van der Waals surface area contributed by atoms with E-state index in [1.54, 1.807) is 0 Å². The fraction of sp³-hybridized carbons (Fsp3) is 0.588. The molecule has 0 aromatic heterocycles. The lowest BCUT2D eigenvalue weighted by Gasteiger charge is -2.44. The molecule has 24 heavy (non-hydrogen) atoms. The predicted octanol–water partition coefficient (Wildman–Crippen LogP) is 0.858. The minimum atomic E-state index is -1.35. The molecule has 1 aromatic rings. The summed E-state index contributed by atoms with van der Waals surface area (Å²) in [5, 5.41) is 27.7. The number of unbranched alkanes of at least 4 members (excludes halogenated alkanes) is 1. The molecule has 1 heterocycles. The molecular formula is C17H27BN2O4. The van der Waals surface area contributed by atoms with Gasteiger partial charge in [0.15, 0.2) is 0 Å². The summed E-state index contributed by atoms with van der Waals surface area (Å²) in [6.45, 7) is 3.46. The fourth-order valence-electron chi connectivity index (χ4n) is 3.58. The van der Waals surface area contributed by atoms with Crippen molar-refractivity contribution in [2.24, 2.45) is 5.73 Å². The topological polar surface area (TPSA) is 107 Å². The van der Waals surface area contributed by atoms with Crippen LogP contribution in [0.15, 0.2) is 24.3 Å². The zero-order valence-corrected chi connectivity index (χ0v) is 14.2. The summed E-state index contributed by atoms with van der Waals surface area (Å²) in [7, 11) is -1.35. The lowest BCUT2D eigenvalue weighted by atomic mass is 9.77. The molecule has 0 amide bonds. The molecule has 0 saturated carbocycles. The van der Waals surface area contributed by atoms with E-state index in [4.69, 9.17) is 15.8 Å². The molecule has 7 heteroatoms. The first-order valence-corrected chi connectivity index (χ1v) is 8.57. The summed E-state index contributed by atoms with van der Waals surface area (Å²) in [6, 6.07) is 7.82. The molecule has 0 spiro atoms. The van der Waals surface area contributed by atoms with Crippen LogP contribution < -0.4 is 5.73 Å². The van der Waals surface area contributed by atoms with Crippen LogP contribution in [-0.4, -0.2) is 51.3 Å². The van der Waals surface area contributed by atoms with Crippen molar-refractivity contribution < 1.29 is 19.9 Å². The number of carboxylic acids is 1. The standard InChI is InChI=1S/C17H27BN2O4/c1-2-20-12-14-8-4-3-7-13(14)11-15(20)17(19,16(21)22)9-5-6-10-18(23)24/h3-4,7-8,15,23-24H,2,5-6,9-12,19H2,1H3,(H,21,22). The molecular weight excluding hydrogens is 307 g/mol. The average Bonchev–Trinajstić information content (AvgIpc) is 2.56. The van der Waals surface area contributed by atoms with E-state index < -0.39 is 18.6 Å². The maximum atomic E-state index is 12.0. The number of likely N-dealkylation sites (N-methyl/N-ethyl adjacent to an activating group) is 1. The van der Waals surface area contributed by atoms with Gasteiger partial charge in [-0.3, -0.25) is 9.69 Å². The van der Waals surface area contributed by atoms with Crippen LogP contribution in [0.1, 0.15) is 37.3 Å². The quantitative estimate of drug-likeness (QED) is 0.415. The minimum absolute atomic E-state index is 0.237. The lowest BCUT2D eigenvalue weighted by molar-refractivity contribution is -0.147. The maximum absolute atomic E-state index is 12.0. The second-order valence-corrected chi connectivity index (χ2v) is 6.62. The molecule has 1 aromatic carbocycles. The minimum Gasteiger partial charge on any atom is -0.480 e. The summed E-state index contributed by atoms with van der Waals surface area (Å²) in [4.78, 5) is 14.1. The summed E-state index contributed by atoms with van der Waals surface area (Å²) in [5.74, 6) is -0.991. The van der Waals surface area contributed by atoms with Gasteiger partial charge >= 0.3 is 13.1 Å². The van der Waals surface area contributed by atoms with Gasteiger partial charge in [0.1, 0.15) is 5.54 Å². The molecule has 2 rings (SSSR count). The molecule has 0 saturated heterocycles. The number of aliphatic carboxylic acids is 1. The van der Waals surface area contributed by atoms with Gasteiger partial charge in [-0.1, -0.05) is 44.0 Å². The van der Waals surface area contributed by atoms with Crippen LogP contribution in [0.2, 0.25) is 6.32 Å². The lowest BCUT2D eigenvalue weighted by Crippen LogP contribution is -2.65. The second kappa shape index (κ2) is 8.12. The number of hydrogen-bond acceptors (Lipinski definition) is 5. The van der Waals surface area contributed by atoms with Gasteiger partial charge in [-0.05, 0) is 36.8 Å². The molecule has 0 radical (unpaired) electrons. The van der Waals surface area contributed by atoms with E-state index >= 15 is 0 Å². The van der Waals surface area contributed by atoms with Gasteiger partial charge in [-0.2, -0.15) is 0 Å². The van der Waals surface area contributed by atoms with Gasteiger partial charge in [0.05, 0.1) is 0 Å². The van der Waals surface area contributed by atoms with Gasteiger partial charge in [0.2, 0.25) is 0 Å². The van der Waals surface area contributed by atoms with Crippen LogP contribution >= 0.6 is 0 Å². The van der Waals surface area contributed by atoms with Gasteiger partial charge < -0.3 is 20.9 Å². The molecule has 6 nitrogen and oxygen atoms in total. The molecule has 1 aliphatic rings. The van der Waals surface area contributed by atoms with Crippen LogP contribution in [-0.2, 0) is 17.8 Å². The highest BCUT2D eigenvalue weighted by molar-refractivity contribution is 6.40. The van der Waals surface area contributed by atoms with Crippen molar-refractivity contribution in [2.45, 2.75) is 57.1 Å². The predicted molar refractivity (Wildman–Crippen MR) is 93.4 cm³/mol. The zero-order chi connectivity index (χ0) is 17.7. The van der Waals surface area contributed by atoms with Gasteiger partial charge in [0, 0.05) is 12.6 Å². The third-order valence-electron chi connectivity index (χ3n) is 5.05. The number of carboxylic acid groups (broad SMARTS) is 1. The van der Waals surface area contributed by atoms with Crippen molar-refractivity contribution in [2.75, 3.05) is 6.54 Å². The Morgan fingerprint density at radius 2 is 2.00 bits per heavy atom. The first kappa shape index (κ1) is 18.9. The summed E-state index contributed by atoms with van der Waals surface area (Å²) < 4.78 is 0. The Hall–Kier alpha value is -1.41. The van der Waals surface area contributed by atoms with Gasteiger partial charge in [-0.25, -0.2) is 0 Å². The number of rotatable bonds is 8. The number of hydrogen-bond donors (Lipinski definition) is 4. The molecule has 132 valence electrons. The number of fused-ring (bicyclic) bond motifs is 1. The summed E-state index contributed by atoms with van der Waals surface area (Å²) in [5.41, 5.74) is 7.44. The molecule has 0 fully saturated rings. The highest BCUT2D eigenvalue weighted by Gasteiger charge is 2.46. The molecule has 2 atom stereocenters. The van der Waals surface area contributed by atoms with Crippen molar-refractivity contribution in [3.05, 3.63) is 35.4 Å². The monoisotopic (exact) mass is 334 g/mol. The largest absolute Gasteiger partial charge is 0.480 e. The van der Waals surface area contributed by atoms with Crippen molar-refractivity contribution >= 4 is 13.1 Å². The smallest absolute Gasteiger partial charge is 0.451 e. The fourth-order valence-corrected chi connectivity index (χ4v) is 3.58. The molecule has 0 bridgehead atoms. The first-order valence-electron chi connectivity index (χ1n) is 8.57. The highest BCUT2D eigenvalue weighted by atomic mass is 16.4. The average molecular weight is 334 g/mol. The normalized spacial score (nSPS) is 20.2. The van der Waals surface area contributed by atoms with Crippen LogP contribution in [0.5, 0.6) is 0 Å². The van der Waals surface area contributed by atoms with Crippen molar-refractivity contribution in [1.29, 1.82) is 0 Å². The Bertz CT molecular complexity index is 569. The Kier molecular flexibility index (Phi) is 6.40. The van der Waals surface area contributed by atoms with E-state index in [1.807, 2.05) is 25.1 Å². The number of carbonyl (C=O) groups is 1. The van der Waals surface area contributed by atoms with Crippen LogP contribution in [0.4, 0.5) is 0 Å². The van der Waals surface area contributed by atoms with E-state index in [0.717, 1.165) is 12.1 Å². The van der Waals surface area contributed by atoms with Crippen LogP contribution in [0.25, 0.3) is 0 Å². The van der Waals surface area contributed by atoms with E-state index in [0.29, 0.717) is 32.2 Å². The van der Waals surface area contributed by atoms with Gasteiger partial charge in [-0.15, -0.1) is 0 Å². The van der Waals surface area contributed by atoms with Crippen molar-refractivity contribution in [1.82, 2.24) is 4.90 Å². The van der Waals surface area contributed by atoms with E-state index in [1.165, 1.54) is 5.56 Å². The molecule has 5 N–H and O–H groups in total. The van der Waals surface area contributed by atoms with Crippen molar-refractivity contribution in [3.8, 4) is 0 Å². The van der Waals surface area contributed by atoms with E-state index in [9.17, 15) is 9.90 Å². The van der Waals surface area contributed by atoms with Gasteiger partial charge in [0.25, 0.3) is 0 Å². The maximum Gasteiger partial charge on any atom is 0.451 e. The highest BCUT2D eigenvalue weighted by Crippen LogP contribution is 2.31. The van der Waals surface area contributed by atoms with E-state index in [-0.39, 0.29) is 12.4 Å². The number of nitrogens with two attached hydrogens (primary N) is 1. The Morgan fingerprint density at radius 1 is 1.33 bits per heavy atom. The SMILES string of the molecule is CCN1Cc2ccccc2CC1C(N)(CCCCB(O)O)C(=O)O. The third kappa shape index (κ3) is 4.16. The molecule has 1 aliphatic heterocycles. The molecule has 0 aliphatic carbocycles. The Morgan fingerprint density at radius 3 is 2.58 bits per heavy atom. The Balaban J connectivity index is 2.17. The van der Waals surface area contributed by atoms with Crippen LogP contribution in [0.3, 0.4) is 0 Å². The van der Waals surface area contributed by atoms with Crippen LogP contribution in [0, 0.1) is 0 Å². The summed E-state index contributed by atoms with van der Waals surface area (Å²) in [6.07, 6.45) is 2.27. The van der Waals surface area contributed by atoms with Crippen molar-refractivity contribution in [3.63, 3.8) is 0 Å². The Labute approximate surface area is 143 Å². The van der Waals surface area contributed by atoms with E-state index in [2.05, 4.69) is 11.0 Å². The molecule has 2 unspecified atom stereocenters. The number of nitrogens with zero attached hydrogens (tertiary/aromatic N) is 1. The third-order valence-corrected chi connectivity index (χ3v) is 5.05. The summed E-state index contributed by atoms with van der Waals surface area (Å²) >= 11 is 0. The zero-order valence-electron chi connectivity index (χ0n) is 14.2. The first-order chi connectivity index (χ1) is 11.4.